The van der Waals surface area contributed by atoms with Crippen LogP contribution in [0, 0.1) is 23.7 Å². The zero-order valence-electron chi connectivity index (χ0n) is 8.29. The van der Waals surface area contributed by atoms with Gasteiger partial charge in [-0.1, -0.05) is 34.6 Å². The predicted molar refractivity (Wildman–Crippen MR) is 48.4 cm³/mol. The van der Waals surface area contributed by atoms with Gasteiger partial charge in [0.15, 0.2) is 0 Å². The van der Waals surface area contributed by atoms with Gasteiger partial charge in [-0.2, -0.15) is 0 Å². The Morgan fingerprint density at radius 2 is 1.36 bits per heavy atom. The number of carbonyl (C=O) groups excluding carboxylic acids is 1. The SMILES string of the molecule is CC(C)C(C)C(C)C(C)C=O. The number of aldehydes is 1. The first kappa shape index (κ1) is 10.7. The summed E-state index contributed by atoms with van der Waals surface area (Å²) in [6.45, 7) is 10.8. The second-order valence-corrected chi connectivity index (χ2v) is 3.96. The quantitative estimate of drug-likeness (QED) is 0.572. The number of hydrogen-bond acceptors (Lipinski definition) is 1. The molecule has 3 atom stereocenters. The van der Waals surface area contributed by atoms with Crippen molar-refractivity contribution in [2.24, 2.45) is 23.7 Å². The van der Waals surface area contributed by atoms with Crippen LogP contribution in [-0.2, 0) is 4.79 Å². The summed E-state index contributed by atoms with van der Waals surface area (Å²) in [6, 6.07) is 0. The first-order chi connectivity index (χ1) is 5.00. The molecule has 0 bridgehead atoms. The van der Waals surface area contributed by atoms with Crippen LogP contribution in [0.1, 0.15) is 34.6 Å². The molecule has 0 aromatic carbocycles. The summed E-state index contributed by atoms with van der Waals surface area (Å²) < 4.78 is 0. The van der Waals surface area contributed by atoms with E-state index in [0.29, 0.717) is 17.8 Å². The number of carbonyl (C=O) groups is 1. The van der Waals surface area contributed by atoms with Gasteiger partial charge in [-0.15, -0.1) is 0 Å². The first-order valence-corrected chi connectivity index (χ1v) is 4.46. The lowest BCUT2D eigenvalue weighted by atomic mass is 9.80. The molecule has 0 fully saturated rings. The van der Waals surface area contributed by atoms with E-state index in [2.05, 4.69) is 27.7 Å². The summed E-state index contributed by atoms with van der Waals surface area (Å²) in [4.78, 5) is 10.5. The van der Waals surface area contributed by atoms with Crippen LogP contribution in [0.4, 0.5) is 0 Å². The van der Waals surface area contributed by atoms with Crippen molar-refractivity contribution in [3.63, 3.8) is 0 Å². The van der Waals surface area contributed by atoms with Crippen LogP contribution in [0.5, 0.6) is 0 Å². The summed E-state index contributed by atoms with van der Waals surface area (Å²) in [7, 11) is 0. The zero-order valence-corrected chi connectivity index (χ0v) is 8.29. The lowest BCUT2D eigenvalue weighted by molar-refractivity contribution is -0.112. The Morgan fingerprint density at radius 1 is 0.909 bits per heavy atom. The van der Waals surface area contributed by atoms with Gasteiger partial charge in [-0.3, -0.25) is 0 Å². The molecule has 0 aliphatic heterocycles. The standard InChI is InChI=1S/C10H20O/c1-7(2)9(4)10(5)8(3)6-11/h6-10H,1-5H3. The highest BCUT2D eigenvalue weighted by molar-refractivity contribution is 5.53. The van der Waals surface area contributed by atoms with Gasteiger partial charge < -0.3 is 4.79 Å². The van der Waals surface area contributed by atoms with Crippen molar-refractivity contribution in [2.75, 3.05) is 0 Å². The average molecular weight is 156 g/mol. The van der Waals surface area contributed by atoms with Crippen molar-refractivity contribution in [3.05, 3.63) is 0 Å². The molecule has 0 amide bonds. The van der Waals surface area contributed by atoms with Crippen molar-refractivity contribution >= 4 is 6.29 Å². The summed E-state index contributed by atoms with van der Waals surface area (Å²) in [6.07, 6.45) is 1.06. The van der Waals surface area contributed by atoms with Crippen LogP contribution in [0.2, 0.25) is 0 Å². The maximum Gasteiger partial charge on any atom is 0.123 e. The van der Waals surface area contributed by atoms with E-state index < -0.39 is 0 Å². The van der Waals surface area contributed by atoms with E-state index >= 15 is 0 Å². The molecule has 0 aliphatic rings. The van der Waals surface area contributed by atoms with Crippen molar-refractivity contribution in [1.29, 1.82) is 0 Å². The largest absolute Gasteiger partial charge is 0.303 e. The Labute approximate surface area is 70.2 Å². The van der Waals surface area contributed by atoms with Crippen LogP contribution in [0.15, 0.2) is 0 Å². The van der Waals surface area contributed by atoms with Gasteiger partial charge in [-0.25, -0.2) is 0 Å². The molecule has 0 radical (unpaired) electrons. The van der Waals surface area contributed by atoms with E-state index in [9.17, 15) is 4.79 Å². The fourth-order valence-electron chi connectivity index (χ4n) is 1.21. The molecule has 0 heterocycles. The zero-order chi connectivity index (χ0) is 9.02. The van der Waals surface area contributed by atoms with Gasteiger partial charge in [0.25, 0.3) is 0 Å². The van der Waals surface area contributed by atoms with Crippen molar-refractivity contribution < 1.29 is 4.79 Å². The lowest BCUT2D eigenvalue weighted by Crippen LogP contribution is -2.21. The first-order valence-electron chi connectivity index (χ1n) is 4.46. The van der Waals surface area contributed by atoms with Crippen LogP contribution in [-0.4, -0.2) is 6.29 Å². The smallest absolute Gasteiger partial charge is 0.123 e. The third-order valence-electron chi connectivity index (χ3n) is 2.92. The predicted octanol–water partition coefficient (Wildman–Crippen LogP) is 2.75. The fraction of sp³-hybridized carbons (Fsp3) is 0.900. The molecule has 0 N–H and O–H groups in total. The second-order valence-electron chi connectivity index (χ2n) is 3.96. The highest BCUT2D eigenvalue weighted by atomic mass is 16.1. The minimum atomic E-state index is 0.201. The molecular formula is C10H20O. The van der Waals surface area contributed by atoms with Gasteiger partial charge in [0.1, 0.15) is 6.29 Å². The molecule has 0 aliphatic carbocycles. The van der Waals surface area contributed by atoms with E-state index in [1.54, 1.807) is 0 Å². The van der Waals surface area contributed by atoms with E-state index in [4.69, 9.17) is 0 Å². The molecule has 0 aromatic rings. The Hall–Kier alpha value is -0.330. The third kappa shape index (κ3) is 3.04. The van der Waals surface area contributed by atoms with E-state index in [1.165, 1.54) is 0 Å². The highest BCUT2D eigenvalue weighted by Crippen LogP contribution is 2.25. The van der Waals surface area contributed by atoms with Crippen molar-refractivity contribution in [1.82, 2.24) is 0 Å². The van der Waals surface area contributed by atoms with Crippen LogP contribution in [0.25, 0.3) is 0 Å². The fourth-order valence-corrected chi connectivity index (χ4v) is 1.21. The Morgan fingerprint density at radius 3 is 1.64 bits per heavy atom. The minimum absolute atomic E-state index is 0.201. The summed E-state index contributed by atoms with van der Waals surface area (Å²) in [5, 5.41) is 0. The maximum atomic E-state index is 10.5. The monoisotopic (exact) mass is 156 g/mol. The van der Waals surface area contributed by atoms with Gasteiger partial charge in [0, 0.05) is 5.92 Å². The molecule has 3 unspecified atom stereocenters. The minimum Gasteiger partial charge on any atom is -0.303 e. The maximum absolute atomic E-state index is 10.5. The topological polar surface area (TPSA) is 17.1 Å². The third-order valence-corrected chi connectivity index (χ3v) is 2.92. The highest BCUT2D eigenvalue weighted by Gasteiger charge is 2.20. The second kappa shape index (κ2) is 4.53. The van der Waals surface area contributed by atoms with Crippen molar-refractivity contribution in [3.8, 4) is 0 Å². The summed E-state index contributed by atoms with van der Waals surface area (Å²) in [5.41, 5.74) is 0. The Kier molecular flexibility index (Phi) is 4.39. The number of hydrogen-bond donors (Lipinski definition) is 0. The van der Waals surface area contributed by atoms with E-state index in [0.717, 1.165) is 6.29 Å². The average Bonchev–Trinajstić information content (AvgIpc) is 2.00. The van der Waals surface area contributed by atoms with E-state index in [-0.39, 0.29) is 5.92 Å². The normalized spacial score (nSPS) is 19.5. The van der Waals surface area contributed by atoms with Crippen LogP contribution >= 0.6 is 0 Å². The summed E-state index contributed by atoms with van der Waals surface area (Å²) in [5.74, 6) is 2.02. The molecule has 66 valence electrons. The molecular weight excluding hydrogens is 136 g/mol. The molecule has 0 spiro atoms. The van der Waals surface area contributed by atoms with Crippen molar-refractivity contribution in [2.45, 2.75) is 34.6 Å². The molecule has 0 saturated carbocycles. The van der Waals surface area contributed by atoms with E-state index in [1.807, 2.05) is 6.92 Å². The van der Waals surface area contributed by atoms with Gasteiger partial charge in [-0.05, 0) is 17.8 Å². The van der Waals surface area contributed by atoms with Gasteiger partial charge in [0.2, 0.25) is 0 Å². The Bertz CT molecular complexity index is 118. The summed E-state index contributed by atoms with van der Waals surface area (Å²) >= 11 is 0. The molecule has 11 heavy (non-hydrogen) atoms. The molecule has 0 saturated heterocycles. The van der Waals surface area contributed by atoms with Crippen LogP contribution < -0.4 is 0 Å². The van der Waals surface area contributed by atoms with Crippen LogP contribution in [0.3, 0.4) is 0 Å². The molecule has 1 heteroatoms. The number of rotatable bonds is 4. The van der Waals surface area contributed by atoms with Gasteiger partial charge >= 0.3 is 0 Å². The molecule has 1 nitrogen and oxygen atoms in total. The molecule has 0 aromatic heterocycles. The Balaban J connectivity index is 4.00. The van der Waals surface area contributed by atoms with Gasteiger partial charge in [0.05, 0.1) is 0 Å². The lowest BCUT2D eigenvalue weighted by Gasteiger charge is -2.25. The molecule has 0 rings (SSSR count).